The van der Waals surface area contributed by atoms with E-state index in [2.05, 4.69) is 21.9 Å². The van der Waals surface area contributed by atoms with Gasteiger partial charge in [-0.15, -0.1) is 6.58 Å². The van der Waals surface area contributed by atoms with E-state index in [0.717, 1.165) is 72.5 Å². The van der Waals surface area contributed by atoms with E-state index in [0.29, 0.717) is 32.4 Å². The Morgan fingerprint density at radius 1 is 0.946 bits per heavy atom. The Hall–Kier alpha value is -4.38. The van der Waals surface area contributed by atoms with Gasteiger partial charge in [-0.1, -0.05) is 44.2 Å². The van der Waals surface area contributed by atoms with Crippen molar-refractivity contribution >= 4 is 45.8 Å². The molecule has 2 aliphatic carbocycles. The standard InChI is InChI=1S/C39H57N7O9S/c1-5-28-22-39(28)36(49)42-56(52,53)44(4)19-13-9-7-6-8-10-16-32(40-37(50)54-30-14-11-12-15-30)35(48)46-25-31(21-33(46)34(47)41-39)55-38(51)45-23-26-17-18-29(43(2)3)20-27(26)24-45/h5,17-18,20,28,30-33H,1,6-16,19,21-25H2,2-4H3,(H,40,50)(H,41,47)(H,42,49)/t28-,31-,32+,33+,39-/m1/s1. The number of alkyl carbamates (subject to hydrolysis) is 1. The molecular weight excluding hydrogens is 743 g/mol. The molecule has 3 aliphatic heterocycles. The first-order chi connectivity index (χ1) is 26.7. The van der Waals surface area contributed by atoms with E-state index in [-0.39, 0.29) is 32.0 Å². The maximum Gasteiger partial charge on any atom is 0.410 e. The molecule has 16 nitrogen and oxygen atoms in total. The van der Waals surface area contributed by atoms with Gasteiger partial charge in [0.05, 0.1) is 6.54 Å². The Morgan fingerprint density at radius 3 is 2.32 bits per heavy atom. The number of benzene rings is 1. The molecule has 17 heteroatoms. The van der Waals surface area contributed by atoms with Crippen LogP contribution in [0.2, 0.25) is 0 Å². The van der Waals surface area contributed by atoms with Gasteiger partial charge in [0.25, 0.3) is 5.91 Å². The van der Waals surface area contributed by atoms with Crippen LogP contribution in [0.15, 0.2) is 30.9 Å². The van der Waals surface area contributed by atoms with Gasteiger partial charge in [-0.05, 0) is 68.2 Å². The van der Waals surface area contributed by atoms with E-state index in [1.807, 2.05) is 37.2 Å². The third kappa shape index (κ3) is 9.41. The predicted octanol–water partition coefficient (Wildman–Crippen LogP) is 3.31. The summed E-state index contributed by atoms with van der Waals surface area (Å²) in [4.78, 5) is 74.1. The maximum atomic E-state index is 14.5. The number of hydrogen-bond donors (Lipinski definition) is 3. The molecule has 5 aliphatic rings. The van der Waals surface area contributed by atoms with E-state index in [1.54, 1.807) is 4.90 Å². The van der Waals surface area contributed by atoms with Crippen LogP contribution in [0.25, 0.3) is 0 Å². The fraction of sp³-hybridized carbons (Fsp3) is 0.667. The molecule has 3 heterocycles. The summed E-state index contributed by atoms with van der Waals surface area (Å²) in [5, 5.41) is 5.56. The Kier molecular flexibility index (Phi) is 12.8. The summed E-state index contributed by atoms with van der Waals surface area (Å²) in [5.74, 6) is -2.71. The average Bonchev–Trinajstić information content (AvgIpc) is 3.55. The molecule has 6 rings (SSSR count). The SMILES string of the molecule is C=C[C@@H]1C[C@@]12NC(=O)[C@@H]1C[C@@H](OC(=O)N3Cc4ccc(N(C)C)cc4C3)CN1C(=O)[C@@H](NC(=O)OC1CCCC1)CCCCCCCCN(C)S(=O)(=O)NC2=O. The lowest BCUT2D eigenvalue weighted by atomic mass is 10.0. The quantitative estimate of drug-likeness (QED) is 0.373. The molecule has 1 aromatic rings. The highest BCUT2D eigenvalue weighted by atomic mass is 32.2. The molecular formula is C39H57N7O9S. The minimum atomic E-state index is -4.22. The summed E-state index contributed by atoms with van der Waals surface area (Å²) in [5.41, 5.74) is 1.38. The summed E-state index contributed by atoms with van der Waals surface area (Å²) < 4.78 is 41.2. The number of carbonyl (C=O) groups is 5. The first kappa shape index (κ1) is 41.3. The second-order valence-electron chi connectivity index (χ2n) is 16.1. The van der Waals surface area contributed by atoms with Gasteiger partial charge >= 0.3 is 22.4 Å². The smallest absolute Gasteiger partial charge is 0.410 e. The zero-order valence-electron chi connectivity index (χ0n) is 32.8. The molecule has 1 aromatic carbocycles. The van der Waals surface area contributed by atoms with Crippen LogP contribution < -0.4 is 20.3 Å². The molecule has 4 fully saturated rings. The molecule has 56 heavy (non-hydrogen) atoms. The van der Waals surface area contributed by atoms with Gasteiger partial charge in [0, 0.05) is 58.8 Å². The second-order valence-corrected chi connectivity index (χ2v) is 17.9. The summed E-state index contributed by atoms with van der Waals surface area (Å²) in [6, 6.07) is 3.77. The van der Waals surface area contributed by atoms with E-state index < -0.39 is 69.8 Å². The molecule has 0 bridgehead atoms. The fourth-order valence-electron chi connectivity index (χ4n) is 8.31. The lowest BCUT2D eigenvalue weighted by Crippen LogP contribution is -2.59. The third-order valence-electron chi connectivity index (χ3n) is 11.9. The van der Waals surface area contributed by atoms with Crippen LogP contribution >= 0.6 is 0 Å². The van der Waals surface area contributed by atoms with Gasteiger partial charge in [-0.2, -0.15) is 12.7 Å². The van der Waals surface area contributed by atoms with Crippen molar-refractivity contribution in [3.63, 3.8) is 0 Å². The second kappa shape index (κ2) is 17.4. The number of ether oxygens (including phenoxy) is 2. The first-order valence-corrected chi connectivity index (χ1v) is 21.4. The molecule has 2 saturated carbocycles. The zero-order valence-corrected chi connectivity index (χ0v) is 33.6. The van der Waals surface area contributed by atoms with Gasteiger partial charge in [-0.25, -0.2) is 14.3 Å². The molecule has 3 N–H and O–H groups in total. The lowest BCUT2D eigenvalue weighted by molar-refractivity contribution is -0.141. The van der Waals surface area contributed by atoms with Gasteiger partial charge in [0.1, 0.15) is 29.8 Å². The fourth-order valence-corrected chi connectivity index (χ4v) is 9.25. The maximum absolute atomic E-state index is 14.5. The van der Waals surface area contributed by atoms with Crippen molar-refractivity contribution in [2.45, 2.75) is 126 Å². The summed E-state index contributed by atoms with van der Waals surface area (Å²) in [6.07, 6.45) is 7.19. The highest BCUT2D eigenvalue weighted by molar-refractivity contribution is 7.87. The van der Waals surface area contributed by atoms with Crippen LogP contribution in [0.5, 0.6) is 0 Å². The number of anilines is 1. The average molecular weight is 800 g/mol. The third-order valence-corrected chi connectivity index (χ3v) is 13.3. The van der Waals surface area contributed by atoms with Crippen LogP contribution in [0.4, 0.5) is 15.3 Å². The Balaban J connectivity index is 1.24. The summed E-state index contributed by atoms with van der Waals surface area (Å²) in [6.45, 7) is 4.53. The van der Waals surface area contributed by atoms with E-state index in [1.165, 1.54) is 18.0 Å². The number of fused-ring (bicyclic) bond motifs is 2. The number of amides is 5. The number of hydrogen-bond acceptors (Lipinski definition) is 10. The van der Waals surface area contributed by atoms with Crippen molar-refractivity contribution in [1.82, 2.24) is 29.5 Å². The molecule has 5 atom stereocenters. The first-order valence-electron chi connectivity index (χ1n) is 20.0. The number of nitrogens with one attached hydrogen (secondary N) is 3. The van der Waals surface area contributed by atoms with Gasteiger partial charge in [0.15, 0.2) is 0 Å². The van der Waals surface area contributed by atoms with Gasteiger partial charge in [-0.3, -0.25) is 19.3 Å². The summed E-state index contributed by atoms with van der Waals surface area (Å²) in [7, 11) is 1.06. The van der Waals surface area contributed by atoms with Crippen molar-refractivity contribution in [3.05, 3.63) is 42.0 Å². The highest BCUT2D eigenvalue weighted by Gasteiger charge is 2.61. The molecule has 308 valence electrons. The largest absolute Gasteiger partial charge is 0.446 e. The Bertz CT molecular complexity index is 1780. The van der Waals surface area contributed by atoms with Crippen LogP contribution in [0.1, 0.15) is 94.6 Å². The monoisotopic (exact) mass is 799 g/mol. The molecule has 1 spiro atoms. The number of rotatable bonds is 5. The van der Waals surface area contributed by atoms with Crippen LogP contribution in [0.3, 0.4) is 0 Å². The van der Waals surface area contributed by atoms with Crippen molar-refractivity contribution in [2.24, 2.45) is 5.92 Å². The highest BCUT2D eigenvalue weighted by Crippen LogP contribution is 2.45. The topological polar surface area (TPSA) is 187 Å². The zero-order chi connectivity index (χ0) is 40.2. The van der Waals surface area contributed by atoms with Crippen molar-refractivity contribution in [3.8, 4) is 0 Å². The van der Waals surface area contributed by atoms with Crippen molar-refractivity contribution in [1.29, 1.82) is 0 Å². The van der Waals surface area contributed by atoms with Gasteiger partial charge < -0.3 is 29.9 Å². The molecule has 0 unspecified atom stereocenters. The van der Waals surface area contributed by atoms with Crippen molar-refractivity contribution < 1.29 is 41.9 Å². The number of carbonyl (C=O) groups excluding carboxylic acids is 5. The normalized spacial score (nSPS) is 29.2. The lowest BCUT2D eigenvalue weighted by Gasteiger charge is -2.30. The summed E-state index contributed by atoms with van der Waals surface area (Å²) >= 11 is 0. The Morgan fingerprint density at radius 2 is 1.62 bits per heavy atom. The Labute approximate surface area is 329 Å². The van der Waals surface area contributed by atoms with Crippen LogP contribution in [0, 0.1) is 5.92 Å². The van der Waals surface area contributed by atoms with Crippen LogP contribution in [-0.4, -0.2) is 116 Å². The molecule has 5 amide bonds. The van der Waals surface area contributed by atoms with E-state index in [9.17, 15) is 32.4 Å². The molecule has 0 radical (unpaired) electrons. The van der Waals surface area contributed by atoms with Gasteiger partial charge in [0.2, 0.25) is 11.8 Å². The van der Waals surface area contributed by atoms with E-state index >= 15 is 0 Å². The minimum absolute atomic E-state index is 0.0778. The van der Waals surface area contributed by atoms with Crippen LogP contribution in [-0.2, 0) is 47.2 Å². The van der Waals surface area contributed by atoms with Crippen molar-refractivity contribution in [2.75, 3.05) is 39.1 Å². The minimum Gasteiger partial charge on any atom is -0.446 e. The predicted molar refractivity (Wildman–Crippen MR) is 207 cm³/mol. The molecule has 2 saturated heterocycles. The van der Waals surface area contributed by atoms with E-state index in [4.69, 9.17) is 9.47 Å². The molecule has 0 aromatic heterocycles. The number of nitrogens with zero attached hydrogens (tertiary/aromatic N) is 4.